The first-order valence-corrected chi connectivity index (χ1v) is 5.54. The van der Waals surface area contributed by atoms with Crippen LogP contribution in [0, 0.1) is 0 Å². The van der Waals surface area contributed by atoms with Gasteiger partial charge in [-0.25, -0.2) is 0 Å². The zero-order valence-electron chi connectivity index (χ0n) is 10.1. The van der Waals surface area contributed by atoms with Crippen LogP contribution < -0.4 is 5.32 Å². The Morgan fingerprint density at radius 3 is 2.05 bits per heavy atom. The molecule has 8 heteroatoms. The monoisotopic (exact) mass is 299 g/mol. The largest absolute Gasteiger partial charge is 0.408 e. The van der Waals surface area contributed by atoms with Crippen LogP contribution in [0.25, 0.3) is 0 Å². The van der Waals surface area contributed by atoms with E-state index in [-0.39, 0.29) is 5.56 Å². The van der Waals surface area contributed by atoms with E-state index in [2.05, 4.69) is 0 Å². The van der Waals surface area contributed by atoms with E-state index in [0.29, 0.717) is 0 Å². The molecule has 0 aliphatic heterocycles. The Morgan fingerprint density at radius 2 is 1.60 bits per heavy atom. The molecule has 1 aromatic rings. The van der Waals surface area contributed by atoms with Crippen LogP contribution in [0.15, 0.2) is 30.3 Å². The highest BCUT2D eigenvalue weighted by Gasteiger charge is 2.42. The van der Waals surface area contributed by atoms with Gasteiger partial charge in [0.2, 0.25) is 5.91 Å². The van der Waals surface area contributed by atoms with Gasteiger partial charge in [-0.3, -0.25) is 4.79 Å². The Bertz CT molecular complexity index is 440. The fraction of sp³-hybridized carbons (Fsp3) is 0.417. The number of amides is 1. The molecule has 0 aliphatic carbocycles. The first-order valence-electron chi connectivity index (χ1n) is 5.54. The quantitative estimate of drug-likeness (QED) is 0.850. The van der Waals surface area contributed by atoms with Crippen LogP contribution in [0.5, 0.6) is 0 Å². The lowest BCUT2D eigenvalue weighted by atomic mass is 10.1. The van der Waals surface area contributed by atoms with Gasteiger partial charge in [0.15, 0.2) is 0 Å². The zero-order valence-corrected chi connectivity index (χ0v) is 10.1. The van der Waals surface area contributed by atoms with Crippen molar-refractivity contribution in [1.29, 1.82) is 0 Å². The molecular formula is C12H11F6NO. The summed E-state index contributed by atoms with van der Waals surface area (Å²) >= 11 is 0. The van der Waals surface area contributed by atoms with Gasteiger partial charge in [0.05, 0.1) is 0 Å². The summed E-state index contributed by atoms with van der Waals surface area (Å²) in [5.74, 6) is -1.70. The summed E-state index contributed by atoms with van der Waals surface area (Å²) in [6.45, 7) is 0. The van der Waals surface area contributed by atoms with Crippen molar-refractivity contribution >= 4 is 5.91 Å². The van der Waals surface area contributed by atoms with Gasteiger partial charge >= 0.3 is 12.4 Å². The number of benzene rings is 1. The standard InChI is InChI=1S/C12H11F6NO/c13-11(14,15)7-10(20)19-9(12(16,17)18)6-8-4-2-1-3-5-8/h1-5,9H,6-7H2,(H,19,20). The maximum Gasteiger partial charge on any atom is 0.408 e. The van der Waals surface area contributed by atoms with Crippen molar-refractivity contribution in [3.8, 4) is 0 Å². The van der Waals surface area contributed by atoms with Gasteiger partial charge in [-0.15, -0.1) is 0 Å². The van der Waals surface area contributed by atoms with E-state index < -0.39 is 37.1 Å². The Balaban J connectivity index is 2.74. The number of carbonyl (C=O) groups excluding carboxylic acids is 1. The second kappa shape index (κ2) is 6.15. The Morgan fingerprint density at radius 1 is 1.05 bits per heavy atom. The van der Waals surface area contributed by atoms with Crippen LogP contribution in [0.1, 0.15) is 12.0 Å². The number of halogens is 6. The summed E-state index contributed by atoms with van der Waals surface area (Å²) in [7, 11) is 0. The number of hydrogen-bond acceptors (Lipinski definition) is 1. The Hall–Kier alpha value is -1.73. The second-order valence-corrected chi connectivity index (χ2v) is 4.14. The molecule has 2 nitrogen and oxygen atoms in total. The third kappa shape index (κ3) is 5.94. The molecule has 0 fully saturated rings. The Kier molecular flexibility index (Phi) is 5.02. The van der Waals surface area contributed by atoms with E-state index in [0.717, 1.165) is 0 Å². The average molecular weight is 299 g/mol. The van der Waals surface area contributed by atoms with E-state index in [1.165, 1.54) is 29.6 Å². The lowest BCUT2D eigenvalue weighted by Crippen LogP contribution is -2.47. The van der Waals surface area contributed by atoms with Gasteiger partial charge < -0.3 is 5.32 Å². The highest BCUT2D eigenvalue weighted by Crippen LogP contribution is 2.25. The van der Waals surface area contributed by atoms with Crippen molar-refractivity contribution in [3.05, 3.63) is 35.9 Å². The number of hydrogen-bond donors (Lipinski definition) is 1. The zero-order chi connectivity index (χ0) is 15.4. The molecule has 1 unspecified atom stereocenters. The minimum atomic E-state index is -4.84. The van der Waals surface area contributed by atoms with E-state index in [4.69, 9.17) is 0 Å². The molecule has 1 atom stereocenters. The highest BCUT2D eigenvalue weighted by molar-refractivity contribution is 5.77. The average Bonchev–Trinajstić information content (AvgIpc) is 2.25. The van der Waals surface area contributed by atoms with Crippen LogP contribution >= 0.6 is 0 Å². The third-order valence-electron chi connectivity index (χ3n) is 2.37. The van der Waals surface area contributed by atoms with Crippen LogP contribution in [0.3, 0.4) is 0 Å². The van der Waals surface area contributed by atoms with Gasteiger partial charge in [0.1, 0.15) is 12.5 Å². The van der Waals surface area contributed by atoms with Crippen LogP contribution in [-0.2, 0) is 11.2 Å². The minimum Gasteiger partial charge on any atom is -0.344 e. The summed E-state index contributed by atoms with van der Waals surface area (Å²) < 4.78 is 73.9. The smallest absolute Gasteiger partial charge is 0.344 e. The first kappa shape index (κ1) is 16.3. The molecule has 20 heavy (non-hydrogen) atoms. The number of nitrogens with one attached hydrogen (secondary N) is 1. The summed E-state index contributed by atoms with van der Waals surface area (Å²) in [5.41, 5.74) is 0.266. The van der Waals surface area contributed by atoms with Crippen molar-refractivity contribution in [2.24, 2.45) is 0 Å². The van der Waals surface area contributed by atoms with Crippen molar-refractivity contribution in [1.82, 2.24) is 5.32 Å². The molecule has 0 radical (unpaired) electrons. The molecule has 1 rings (SSSR count). The van der Waals surface area contributed by atoms with Crippen LogP contribution in [-0.4, -0.2) is 24.3 Å². The SMILES string of the molecule is O=C(CC(F)(F)F)NC(Cc1ccccc1)C(F)(F)F. The van der Waals surface area contributed by atoms with Crippen LogP contribution in [0.2, 0.25) is 0 Å². The predicted octanol–water partition coefficient (Wildman–Crippen LogP) is 3.23. The number of carbonyl (C=O) groups is 1. The third-order valence-corrected chi connectivity index (χ3v) is 2.37. The van der Waals surface area contributed by atoms with E-state index in [9.17, 15) is 31.1 Å². The van der Waals surface area contributed by atoms with Crippen molar-refractivity contribution < 1.29 is 31.1 Å². The molecule has 0 saturated heterocycles. The minimum absolute atomic E-state index is 0.266. The predicted molar refractivity (Wildman–Crippen MR) is 58.8 cm³/mol. The van der Waals surface area contributed by atoms with Crippen molar-refractivity contribution in [3.63, 3.8) is 0 Å². The summed E-state index contributed by atoms with van der Waals surface area (Å²) in [4.78, 5) is 11.0. The van der Waals surface area contributed by atoms with Gasteiger partial charge in [-0.05, 0) is 5.56 Å². The van der Waals surface area contributed by atoms with E-state index in [1.54, 1.807) is 6.07 Å². The summed E-state index contributed by atoms with van der Waals surface area (Å²) in [5, 5.41) is 1.38. The summed E-state index contributed by atoms with van der Waals surface area (Å²) in [6.07, 6.45) is -12.2. The van der Waals surface area contributed by atoms with Crippen molar-refractivity contribution in [2.45, 2.75) is 31.2 Å². The van der Waals surface area contributed by atoms with Gasteiger partial charge in [-0.2, -0.15) is 26.3 Å². The van der Waals surface area contributed by atoms with E-state index >= 15 is 0 Å². The van der Waals surface area contributed by atoms with Crippen molar-refractivity contribution in [2.75, 3.05) is 0 Å². The molecular weight excluding hydrogens is 288 g/mol. The molecule has 1 aromatic carbocycles. The fourth-order valence-corrected chi connectivity index (χ4v) is 1.53. The van der Waals surface area contributed by atoms with E-state index in [1.807, 2.05) is 0 Å². The molecule has 0 spiro atoms. The maximum absolute atomic E-state index is 12.7. The number of alkyl halides is 6. The number of rotatable bonds is 4. The molecule has 0 aromatic heterocycles. The molecule has 0 aliphatic rings. The molecule has 1 N–H and O–H groups in total. The molecule has 0 heterocycles. The van der Waals surface area contributed by atoms with Gasteiger partial charge in [0, 0.05) is 6.42 Å². The lowest BCUT2D eigenvalue weighted by Gasteiger charge is -2.22. The van der Waals surface area contributed by atoms with Gasteiger partial charge in [-0.1, -0.05) is 30.3 Å². The molecule has 1 amide bonds. The highest BCUT2D eigenvalue weighted by atomic mass is 19.4. The second-order valence-electron chi connectivity index (χ2n) is 4.14. The maximum atomic E-state index is 12.7. The first-order chi connectivity index (χ1) is 9.08. The van der Waals surface area contributed by atoms with Crippen LogP contribution in [0.4, 0.5) is 26.3 Å². The topological polar surface area (TPSA) is 29.1 Å². The molecule has 0 bridgehead atoms. The molecule has 112 valence electrons. The van der Waals surface area contributed by atoms with Gasteiger partial charge in [0.25, 0.3) is 0 Å². The summed E-state index contributed by atoms with van der Waals surface area (Å²) in [6, 6.07) is 5.04. The lowest BCUT2D eigenvalue weighted by molar-refractivity contribution is -0.171. The Labute approximate surface area is 110 Å². The molecule has 0 saturated carbocycles. The normalized spacial score (nSPS) is 13.9. The fourth-order valence-electron chi connectivity index (χ4n) is 1.53.